The summed E-state index contributed by atoms with van der Waals surface area (Å²) in [5.74, 6) is 2.06. The molecule has 0 fully saturated rings. The zero-order valence-corrected chi connectivity index (χ0v) is 8.97. The molecule has 1 aromatic rings. The SMILES string of the molecule is C#CCNC(=O)c1cc(Br)ccc1N. The average molecular weight is 253 g/mol. The van der Waals surface area contributed by atoms with Crippen LogP contribution in [0.4, 0.5) is 5.69 Å². The summed E-state index contributed by atoms with van der Waals surface area (Å²) >= 11 is 3.26. The van der Waals surface area contributed by atoms with Gasteiger partial charge in [-0.1, -0.05) is 21.9 Å². The van der Waals surface area contributed by atoms with Gasteiger partial charge in [-0.15, -0.1) is 6.42 Å². The second kappa shape index (κ2) is 4.68. The van der Waals surface area contributed by atoms with Crippen molar-refractivity contribution in [2.45, 2.75) is 0 Å². The zero-order chi connectivity index (χ0) is 10.6. The molecule has 0 spiro atoms. The van der Waals surface area contributed by atoms with Crippen molar-refractivity contribution in [2.24, 2.45) is 0 Å². The molecule has 0 aliphatic carbocycles. The summed E-state index contributed by atoms with van der Waals surface area (Å²) in [6.45, 7) is 0.199. The molecule has 14 heavy (non-hydrogen) atoms. The zero-order valence-electron chi connectivity index (χ0n) is 7.38. The smallest absolute Gasteiger partial charge is 0.254 e. The van der Waals surface area contributed by atoms with E-state index in [1.54, 1.807) is 18.2 Å². The molecular formula is C10H9BrN2O. The van der Waals surface area contributed by atoms with Crippen LogP contribution < -0.4 is 11.1 Å². The molecule has 1 aromatic carbocycles. The van der Waals surface area contributed by atoms with Gasteiger partial charge in [0.2, 0.25) is 0 Å². The maximum Gasteiger partial charge on any atom is 0.254 e. The van der Waals surface area contributed by atoms with Gasteiger partial charge in [-0.3, -0.25) is 4.79 Å². The van der Waals surface area contributed by atoms with Crippen LogP contribution in [0.15, 0.2) is 22.7 Å². The van der Waals surface area contributed by atoms with Crippen molar-refractivity contribution in [2.75, 3.05) is 12.3 Å². The number of amides is 1. The van der Waals surface area contributed by atoms with Crippen molar-refractivity contribution < 1.29 is 4.79 Å². The Balaban J connectivity index is 2.90. The summed E-state index contributed by atoms with van der Waals surface area (Å²) in [6, 6.07) is 5.09. The predicted molar refractivity (Wildman–Crippen MR) is 59.7 cm³/mol. The van der Waals surface area contributed by atoms with E-state index in [1.165, 1.54) is 0 Å². The number of benzene rings is 1. The Bertz CT molecular complexity index is 396. The van der Waals surface area contributed by atoms with E-state index in [2.05, 4.69) is 27.2 Å². The normalized spacial score (nSPS) is 9.14. The van der Waals surface area contributed by atoms with E-state index >= 15 is 0 Å². The van der Waals surface area contributed by atoms with Gasteiger partial charge in [0.05, 0.1) is 12.1 Å². The molecule has 4 heteroatoms. The van der Waals surface area contributed by atoms with E-state index in [0.29, 0.717) is 11.3 Å². The third kappa shape index (κ3) is 2.51. The van der Waals surface area contributed by atoms with Gasteiger partial charge in [0.15, 0.2) is 0 Å². The van der Waals surface area contributed by atoms with Gasteiger partial charge in [0, 0.05) is 10.2 Å². The molecule has 0 aliphatic rings. The molecule has 0 heterocycles. The highest BCUT2D eigenvalue weighted by Gasteiger charge is 2.08. The van der Waals surface area contributed by atoms with Crippen LogP contribution in [0.5, 0.6) is 0 Å². The fourth-order valence-electron chi connectivity index (χ4n) is 0.952. The molecular weight excluding hydrogens is 244 g/mol. The van der Waals surface area contributed by atoms with Crippen molar-refractivity contribution in [1.82, 2.24) is 5.32 Å². The third-order valence-electron chi connectivity index (χ3n) is 1.61. The number of anilines is 1. The molecule has 0 unspecified atom stereocenters. The van der Waals surface area contributed by atoms with Crippen molar-refractivity contribution in [3.05, 3.63) is 28.2 Å². The molecule has 0 bridgehead atoms. The maximum atomic E-state index is 11.5. The third-order valence-corrected chi connectivity index (χ3v) is 2.10. The number of halogens is 1. The monoisotopic (exact) mass is 252 g/mol. The minimum Gasteiger partial charge on any atom is -0.398 e. The standard InChI is InChI=1S/C10H9BrN2O/c1-2-5-13-10(14)8-6-7(11)3-4-9(8)12/h1,3-4,6H,5,12H2,(H,13,14). The highest BCUT2D eigenvalue weighted by Crippen LogP contribution is 2.17. The van der Waals surface area contributed by atoms with Crippen LogP contribution in [0.2, 0.25) is 0 Å². The van der Waals surface area contributed by atoms with Gasteiger partial charge in [0.25, 0.3) is 5.91 Å². The summed E-state index contributed by atoms with van der Waals surface area (Å²) in [5.41, 5.74) is 6.49. The Morgan fingerprint density at radius 2 is 2.36 bits per heavy atom. The molecule has 1 rings (SSSR count). The van der Waals surface area contributed by atoms with Gasteiger partial charge < -0.3 is 11.1 Å². The van der Waals surface area contributed by atoms with Crippen LogP contribution in [0.3, 0.4) is 0 Å². The number of carbonyl (C=O) groups excluding carboxylic acids is 1. The number of hydrogen-bond acceptors (Lipinski definition) is 2. The number of carbonyl (C=O) groups is 1. The second-order valence-electron chi connectivity index (χ2n) is 2.62. The Labute approximate surface area is 90.8 Å². The number of nitrogens with two attached hydrogens (primary N) is 1. The van der Waals surface area contributed by atoms with Crippen LogP contribution >= 0.6 is 15.9 Å². The fourth-order valence-corrected chi connectivity index (χ4v) is 1.31. The summed E-state index contributed by atoms with van der Waals surface area (Å²) in [7, 11) is 0. The quantitative estimate of drug-likeness (QED) is 0.618. The van der Waals surface area contributed by atoms with E-state index < -0.39 is 0 Å². The predicted octanol–water partition coefficient (Wildman–Crippen LogP) is 1.39. The Morgan fingerprint density at radius 1 is 1.64 bits per heavy atom. The number of nitrogens with one attached hydrogen (secondary N) is 1. The highest BCUT2D eigenvalue weighted by molar-refractivity contribution is 9.10. The fraction of sp³-hybridized carbons (Fsp3) is 0.100. The first-order valence-electron chi connectivity index (χ1n) is 3.92. The van der Waals surface area contributed by atoms with E-state index in [0.717, 1.165) is 4.47 Å². The van der Waals surface area contributed by atoms with Crippen LogP contribution in [0.1, 0.15) is 10.4 Å². The Morgan fingerprint density at radius 3 is 3.00 bits per heavy atom. The number of nitrogen functional groups attached to an aromatic ring is 1. The van der Waals surface area contributed by atoms with Crippen molar-refractivity contribution in [1.29, 1.82) is 0 Å². The lowest BCUT2D eigenvalue weighted by Crippen LogP contribution is -2.24. The molecule has 0 atom stereocenters. The first-order chi connectivity index (χ1) is 6.65. The summed E-state index contributed by atoms with van der Waals surface area (Å²) < 4.78 is 0.803. The van der Waals surface area contributed by atoms with Gasteiger partial charge in [-0.25, -0.2) is 0 Å². The Hall–Kier alpha value is -1.47. The van der Waals surface area contributed by atoms with E-state index in [-0.39, 0.29) is 12.5 Å². The average Bonchev–Trinajstić information content (AvgIpc) is 2.18. The number of terminal acetylenes is 1. The number of rotatable bonds is 2. The Kier molecular flexibility index (Phi) is 3.55. The lowest BCUT2D eigenvalue weighted by molar-refractivity contribution is 0.0959. The molecule has 72 valence electrons. The summed E-state index contributed by atoms with van der Waals surface area (Å²) in [5, 5.41) is 2.54. The van der Waals surface area contributed by atoms with Crippen molar-refractivity contribution >= 4 is 27.5 Å². The van der Waals surface area contributed by atoms with Gasteiger partial charge in [-0.2, -0.15) is 0 Å². The molecule has 0 saturated heterocycles. The van der Waals surface area contributed by atoms with Gasteiger partial charge in [0.1, 0.15) is 0 Å². The molecule has 0 saturated carbocycles. The molecule has 0 radical (unpaired) electrons. The van der Waals surface area contributed by atoms with Crippen molar-refractivity contribution in [3.63, 3.8) is 0 Å². The largest absolute Gasteiger partial charge is 0.398 e. The molecule has 0 aromatic heterocycles. The van der Waals surface area contributed by atoms with E-state index in [4.69, 9.17) is 12.2 Å². The topological polar surface area (TPSA) is 55.1 Å². The van der Waals surface area contributed by atoms with Gasteiger partial charge in [-0.05, 0) is 18.2 Å². The number of hydrogen-bond donors (Lipinski definition) is 2. The molecule has 0 aliphatic heterocycles. The van der Waals surface area contributed by atoms with Crippen LogP contribution in [0.25, 0.3) is 0 Å². The van der Waals surface area contributed by atoms with Crippen molar-refractivity contribution in [3.8, 4) is 12.3 Å². The first-order valence-corrected chi connectivity index (χ1v) is 4.71. The summed E-state index contributed by atoms with van der Waals surface area (Å²) in [4.78, 5) is 11.5. The molecule has 3 N–H and O–H groups in total. The van der Waals surface area contributed by atoms with Crippen LogP contribution in [0, 0.1) is 12.3 Å². The molecule has 3 nitrogen and oxygen atoms in total. The van der Waals surface area contributed by atoms with E-state index in [1.807, 2.05) is 0 Å². The highest BCUT2D eigenvalue weighted by atomic mass is 79.9. The first kappa shape index (κ1) is 10.6. The van der Waals surface area contributed by atoms with Gasteiger partial charge >= 0.3 is 0 Å². The second-order valence-corrected chi connectivity index (χ2v) is 3.53. The van der Waals surface area contributed by atoms with Crippen LogP contribution in [-0.4, -0.2) is 12.5 Å². The lowest BCUT2D eigenvalue weighted by Gasteiger charge is -2.05. The van der Waals surface area contributed by atoms with E-state index in [9.17, 15) is 4.79 Å². The van der Waals surface area contributed by atoms with Crippen LogP contribution in [-0.2, 0) is 0 Å². The molecule has 1 amide bonds. The maximum absolute atomic E-state index is 11.5. The minimum absolute atomic E-state index is 0.199. The lowest BCUT2D eigenvalue weighted by atomic mass is 10.1. The minimum atomic E-state index is -0.262. The summed E-state index contributed by atoms with van der Waals surface area (Å²) in [6.07, 6.45) is 5.02.